The topological polar surface area (TPSA) is 36.0 Å². The van der Waals surface area contributed by atoms with Crippen LogP contribution >= 0.6 is 0 Å². The van der Waals surface area contributed by atoms with Crippen LogP contribution in [0.15, 0.2) is 18.2 Å². The van der Waals surface area contributed by atoms with E-state index in [-0.39, 0.29) is 5.41 Å². The Morgan fingerprint density at radius 2 is 1.87 bits per heavy atom. The van der Waals surface area contributed by atoms with E-state index in [4.69, 9.17) is 0 Å². The quantitative estimate of drug-likeness (QED) is 0.675. The summed E-state index contributed by atoms with van der Waals surface area (Å²) in [6, 6.07) is 5.47. The van der Waals surface area contributed by atoms with Gasteiger partial charge in [-0.25, -0.2) is 0 Å². The summed E-state index contributed by atoms with van der Waals surface area (Å²) in [5.74, 6) is 0.326. The Morgan fingerprint density at radius 1 is 1.20 bits per heavy atom. The van der Waals surface area contributed by atoms with Gasteiger partial charge in [0.15, 0.2) is 0 Å². The highest BCUT2D eigenvalue weighted by atomic mass is 16.3. The molecule has 2 N–H and O–H groups in total. The smallest absolute Gasteiger partial charge is 0.116 e. The van der Waals surface area contributed by atoms with E-state index >= 15 is 0 Å². The number of aromatic nitrogens is 1. The zero-order valence-corrected chi connectivity index (χ0v) is 9.68. The van der Waals surface area contributed by atoms with Crippen molar-refractivity contribution in [3.63, 3.8) is 0 Å². The molecule has 2 nitrogen and oxygen atoms in total. The van der Waals surface area contributed by atoms with E-state index in [0.717, 1.165) is 10.9 Å². The highest BCUT2D eigenvalue weighted by Gasteiger charge is 2.21. The van der Waals surface area contributed by atoms with E-state index < -0.39 is 0 Å². The number of aromatic amines is 1. The number of H-pyrrole nitrogens is 1. The Hall–Kier alpha value is -1.44. The Kier molecular flexibility index (Phi) is 2.03. The Bertz CT molecular complexity index is 503. The van der Waals surface area contributed by atoms with E-state index in [1.807, 2.05) is 12.1 Å². The van der Waals surface area contributed by atoms with Gasteiger partial charge < -0.3 is 10.1 Å². The SMILES string of the molecule is Cc1[nH]c2ccc(O)cc2c1C(C)(C)C. The molecule has 0 bridgehead atoms. The number of hydrogen-bond donors (Lipinski definition) is 2. The minimum Gasteiger partial charge on any atom is -0.508 e. The molecule has 0 fully saturated rings. The largest absolute Gasteiger partial charge is 0.508 e. The van der Waals surface area contributed by atoms with Crippen LogP contribution in [-0.2, 0) is 5.41 Å². The van der Waals surface area contributed by atoms with Gasteiger partial charge >= 0.3 is 0 Å². The van der Waals surface area contributed by atoms with Crippen molar-refractivity contribution in [2.75, 3.05) is 0 Å². The highest BCUT2D eigenvalue weighted by molar-refractivity contribution is 5.86. The number of phenols is 1. The first-order chi connectivity index (χ1) is 6.89. The lowest BCUT2D eigenvalue weighted by molar-refractivity contribution is 0.476. The number of phenolic OH excluding ortho intramolecular Hbond substituents is 1. The molecule has 0 unspecified atom stereocenters. The normalized spacial score (nSPS) is 12.3. The van der Waals surface area contributed by atoms with Gasteiger partial charge in [-0.05, 0) is 36.1 Å². The van der Waals surface area contributed by atoms with Gasteiger partial charge in [0.25, 0.3) is 0 Å². The maximum absolute atomic E-state index is 9.52. The number of aromatic hydroxyl groups is 1. The van der Waals surface area contributed by atoms with Crippen molar-refractivity contribution in [2.24, 2.45) is 0 Å². The van der Waals surface area contributed by atoms with Crippen LogP contribution in [0.2, 0.25) is 0 Å². The molecule has 2 aromatic rings. The molecule has 0 radical (unpaired) electrons. The van der Waals surface area contributed by atoms with Gasteiger partial charge in [-0.3, -0.25) is 0 Å². The molecule has 1 aromatic heterocycles. The summed E-state index contributed by atoms with van der Waals surface area (Å²) in [7, 11) is 0. The van der Waals surface area contributed by atoms with Crippen LogP contribution in [0.25, 0.3) is 10.9 Å². The molecule has 0 aliphatic rings. The summed E-state index contributed by atoms with van der Waals surface area (Å²) >= 11 is 0. The summed E-state index contributed by atoms with van der Waals surface area (Å²) in [5.41, 5.74) is 3.66. The van der Waals surface area contributed by atoms with Crippen molar-refractivity contribution >= 4 is 10.9 Å². The second kappa shape index (κ2) is 3.02. The molecule has 0 atom stereocenters. The maximum atomic E-state index is 9.52. The number of fused-ring (bicyclic) bond motifs is 1. The highest BCUT2D eigenvalue weighted by Crippen LogP contribution is 2.34. The molecular formula is C13H17NO. The Labute approximate surface area is 89.9 Å². The molecule has 0 aliphatic carbocycles. The van der Waals surface area contributed by atoms with Crippen molar-refractivity contribution in [3.05, 3.63) is 29.5 Å². The molecule has 1 heterocycles. The first-order valence-corrected chi connectivity index (χ1v) is 5.21. The number of hydrogen-bond acceptors (Lipinski definition) is 1. The van der Waals surface area contributed by atoms with Gasteiger partial charge in [-0.1, -0.05) is 20.8 Å². The van der Waals surface area contributed by atoms with Crippen molar-refractivity contribution in [3.8, 4) is 5.75 Å². The average molecular weight is 203 g/mol. The predicted molar refractivity (Wildman–Crippen MR) is 63.4 cm³/mol. The lowest BCUT2D eigenvalue weighted by Gasteiger charge is -2.19. The summed E-state index contributed by atoms with van der Waals surface area (Å²) in [6.45, 7) is 8.64. The molecule has 0 saturated carbocycles. The van der Waals surface area contributed by atoms with Crippen molar-refractivity contribution in [1.82, 2.24) is 4.98 Å². The van der Waals surface area contributed by atoms with Crippen molar-refractivity contribution < 1.29 is 5.11 Å². The monoisotopic (exact) mass is 203 g/mol. The summed E-state index contributed by atoms with van der Waals surface area (Å²) in [6.07, 6.45) is 0. The molecule has 2 heteroatoms. The molecule has 1 aromatic carbocycles. The third-order valence-electron chi connectivity index (χ3n) is 2.72. The van der Waals surface area contributed by atoms with Crippen LogP contribution in [-0.4, -0.2) is 10.1 Å². The lowest BCUT2D eigenvalue weighted by Crippen LogP contribution is -2.11. The first kappa shape index (κ1) is 10.1. The predicted octanol–water partition coefficient (Wildman–Crippen LogP) is 3.48. The summed E-state index contributed by atoms with van der Waals surface area (Å²) in [5, 5.41) is 10.6. The van der Waals surface area contributed by atoms with Crippen LogP contribution in [0.1, 0.15) is 32.0 Å². The van der Waals surface area contributed by atoms with Crippen molar-refractivity contribution in [2.45, 2.75) is 33.1 Å². The van der Waals surface area contributed by atoms with Gasteiger partial charge in [-0.15, -0.1) is 0 Å². The third kappa shape index (κ3) is 1.60. The van der Waals surface area contributed by atoms with Gasteiger partial charge in [-0.2, -0.15) is 0 Å². The number of aryl methyl sites for hydroxylation is 1. The first-order valence-electron chi connectivity index (χ1n) is 5.21. The second-order valence-corrected chi connectivity index (χ2v) is 5.10. The fourth-order valence-electron chi connectivity index (χ4n) is 2.28. The van der Waals surface area contributed by atoms with E-state index in [9.17, 15) is 5.11 Å². The molecule has 15 heavy (non-hydrogen) atoms. The summed E-state index contributed by atoms with van der Waals surface area (Å²) in [4.78, 5) is 3.35. The van der Waals surface area contributed by atoms with Gasteiger partial charge in [0.2, 0.25) is 0 Å². The van der Waals surface area contributed by atoms with E-state index in [1.165, 1.54) is 11.3 Å². The van der Waals surface area contributed by atoms with Gasteiger partial charge in [0, 0.05) is 16.6 Å². The molecule has 0 saturated heterocycles. The van der Waals surface area contributed by atoms with E-state index in [0.29, 0.717) is 5.75 Å². The van der Waals surface area contributed by atoms with Crippen LogP contribution in [0, 0.1) is 6.92 Å². The zero-order valence-electron chi connectivity index (χ0n) is 9.68. The van der Waals surface area contributed by atoms with Gasteiger partial charge in [0.05, 0.1) is 0 Å². The van der Waals surface area contributed by atoms with Crippen LogP contribution in [0.5, 0.6) is 5.75 Å². The van der Waals surface area contributed by atoms with E-state index in [2.05, 4.69) is 32.7 Å². The fourth-order valence-corrected chi connectivity index (χ4v) is 2.28. The standard InChI is InChI=1S/C13H17NO/c1-8-12(13(2,3)4)10-7-9(15)5-6-11(10)14-8/h5-7,14-15H,1-4H3. The van der Waals surface area contributed by atoms with Crippen LogP contribution in [0.3, 0.4) is 0 Å². The molecule has 2 rings (SSSR count). The van der Waals surface area contributed by atoms with Crippen molar-refractivity contribution in [1.29, 1.82) is 0 Å². The van der Waals surface area contributed by atoms with Crippen LogP contribution < -0.4 is 0 Å². The lowest BCUT2D eigenvalue weighted by atomic mass is 9.85. The van der Waals surface area contributed by atoms with Gasteiger partial charge in [0.1, 0.15) is 5.75 Å². The minimum absolute atomic E-state index is 0.0934. The molecular weight excluding hydrogens is 186 g/mol. The minimum atomic E-state index is 0.0934. The van der Waals surface area contributed by atoms with E-state index in [1.54, 1.807) is 6.07 Å². The average Bonchev–Trinajstić information content (AvgIpc) is 2.38. The summed E-state index contributed by atoms with van der Waals surface area (Å²) < 4.78 is 0. The molecule has 80 valence electrons. The molecule has 0 aliphatic heterocycles. The molecule has 0 spiro atoms. The number of nitrogens with one attached hydrogen (secondary N) is 1. The fraction of sp³-hybridized carbons (Fsp3) is 0.385. The Morgan fingerprint density at radius 3 is 2.47 bits per heavy atom. The second-order valence-electron chi connectivity index (χ2n) is 5.10. The zero-order chi connectivity index (χ0) is 11.2. The number of rotatable bonds is 0. The third-order valence-corrected chi connectivity index (χ3v) is 2.72. The molecule has 0 amide bonds. The Balaban J connectivity index is 2.82. The number of benzene rings is 1. The van der Waals surface area contributed by atoms with Crippen LogP contribution in [0.4, 0.5) is 0 Å². The maximum Gasteiger partial charge on any atom is 0.116 e.